The van der Waals surface area contributed by atoms with Gasteiger partial charge < -0.3 is 15.8 Å². The van der Waals surface area contributed by atoms with E-state index in [4.69, 9.17) is 10.5 Å². The zero-order valence-electron chi connectivity index (χ0n) is 10.9. The predicted molar refractivity (Wildman–Crippen MR) is 68.7 cm³/mol. The zero-order chi connectivity index (χ0) is 12.5. The van der Waals surface area contributed by atoms with Crippen LogP contribution in [0.2, 0.25) is 0 Å². The normalized spacial score (nSPS) is 18.2. The second kappa shape index (κ2) is 8.48. The number of carbonyl (C=O) groups excluding carboxylic acids is 1. The summed E-state index contributed by atoms with van der Waals surface area (Å²) in [6, 6.07) is 0. The van der Waals surface area contributed by atoms with Gasteiger partial charge in [-0.15, -0.1) is 0 Å². The number of amides is 1. The fourth-order valence-corrected chi connectivity index (χ4v) is 2.18. The molecule has 1 atom stereocenters. The van der Waals surface area contributed by atoms with Gasteiger partial charge in [0.05, 0.1) is 12.7 Å². The lowest BCUT2D eigenvalue weighted by atomic mass is 10.1. The molecule has 0 aromatic carbocycles. The molecule has 1 aliphatic rings. The Bertz CT molecular complexity index is 215. The molecule has 4 nitrogen and oxygen atoms in total. The summed E-state index contributed by atoms with van der Waals surface area (Å²) in [6.45, 7) is 3.87. The summed E-state index contributed by atoms with van der Waals surface area (Å²) in [5.74, 6) is 0.179. The number of hydrogen-bond donors (Lipinski definition) is 2. The third-order valence-corrected chi connectivity index (χ3v) is 3.35. The molecule has 1 saturated carbocycles. The summed E-state index contributed by atoms with van der Waals surface area (Å²) in [7, 11) is 0. The third-order valence-electron chi connectivity index (χ3n) is 3.35. The second-order valence-corrected chi connectivity index (χ2v) is 4.90. The van der Waals surface area contributed by atoms with E-state index >= 15 is 0 Å². The molecule has 1 amide bonds. The molecule has 1 fully saturated rings. The molecule has 1 unspecified atom stereocenters. The van der Waals surface area contributed by atoms with Gasteiger partial charge in [0.15, 0.2) is 0 Å². The molecule has 0 bridgehead atoms. The van der Waals surface area contributed by atoms with Crippen LogP contribution in [0.4, 0.5) is 0 Å². The molecule has 0 aliphatic heterocycles. The van der Waals surface area contributed by atoms with Crippen LogP contribution in [0.5, 0.6) is 0 Å². The van der Waals surface area contributed by atoms with E-state index in [9.17, 15) is 4.79 Å². The summed E-state index contributed by atoms with van der Waals surface area (Å²) in [5, 5.41) is 2.91. The van der Waals surface area contributed by atoms with Crippen LogP contribution >= 0.6 is 0 Å². The third kappa shape index (κ3) is 6.03. The standard InChI is InChI=1S/C13H26N2O2/c1-11(5-4-8-14)13(16)15-9-10-17-12-6-2-3-7-12/h11-12H,2-10,14H2,1H3,(H,15,16). The molecule has 0 saturated heterocycles. The molecule has 1 aliphatic carbocycles. The first-order valence-corrected chi connectivity index (χ1v) is 6.83. The van der Waals surface area contributed by atoms with Crippen LogP contribution in [-0.2, 0) is 9.53 Å². The average Bonchev–Trinajstić information content (AvgIpc) is 2.84. The molecule has 1 rings (SSSR count). The van der Waals surface area contributed by atoms with E-state index in [2.05, 4.69) is 5.32 Å². The highest BCUT2D eigenvalue weighted by Gasteiger charge is 2.15. The van der Waals surface area contributed by atoms with Crippen LogP contribution < -0.4 is 11.1 Å². The lowest BCUT2D eigenvalue weighted by molar-refractivity contribution is -0.125. The minimum absolute atomic E-state index is 0.0602. The molecule has 3 N–H and O–H groups in total. The summed E-state index contributed by atoms with van der Waals surface area (Å²) in [6.07, 6.45) is 7.14. The van der Waals surface area contributed by atoms with E-state index < -0.39 is 0 Å². The number of nitrogens with two attached hydrogens (primary N) is 1. The van der Waals surface area contributed by atoms with Crippen molar-refractivity contribution >= 4 is 5.91 Å². The van der Waals surface area contributed by atoms with E-state index in [-0.39, 0.29) is 11.8 Å². The highest BCUT2D eigenvalue weighted by Crippen LogP contribution is 2.20. The monoisotopic (exact) mass is 242 g/mol. The highest BCUT2D eigenvalue weighted by atomic mass is 16.5. The van der Waals surface area contributed by atoms with Crippen molar-refractivity contribution in [1.29, 1.82) is 0 Å². The highest BCUT2D eigenvalue weighted by molar-refractivity contribution is 5.78. The Hall–Kier alpha value is -0.610. The predicted octanol–water partition coefficient (Wildman–Crippen LogP) is 1.44. The molecule has 100 valence electrons. The molecule has 4 heteroatoms. The Kier molecular flexibility index (Phi) is 7.21. The Labute approximate surface area is 104 Å². The topological polar surface area (TPSA) is 64.4 Å². The van der Waals surface area contributed by atoms with Gasteiger partial charge in [0.1, 0.15) is 0 Å². The molecule has 0 aromatic heterocycles. The van der Waals surface area contributed by atoms with Crippen LogP contribution in [0.25, 0.3) is 0 Å². The maximum atomic E-state index is 11.6. The molecule has 0 spiro atoms. The second-order valence-electron chi connectivity index (χ2n) is 4.90. The van der Waals surface area contributed by atoms with Crippen molar-refractivity contribution in [3.63, 3.8) is 0 Å². The van der Waals surface area contributed by atoms with E-state index in [0.717, 1.165) is 12.8 Å². The maximum absolute atomic E-state index is 11.6. The molecular weight excluding hydrogens is 216 g/mol. The first-order chi connectivity index (χ1) is 8.24. The number of nitrogens with one attached hydrogen (secondary N) is 1. The number of hydrogen-bond acceptors (Lipinski definition) is 3. The van der Waals surface area contributed by atoms with Crippen LogP contribution in [0.3, 0.4) is 0 Å². The Morgan fingerprint density at radius 3 is 2.82 bits per heavy atom. The molecule has 17 heavy (non-hydrogen) atoms. The van der Waals surface area contributed by atoms with Gasteiger partial charge in [0.25, 0.3) is 0 Å². The van der Waals surface area contributed by atoms with Crippen molar-refractivity contribution in [2.45, 2.75) is 51.6 Å². The van der Waals surface area contributed by atoms with Crippen molar-refractivity contribution in [2.75, 3.05) is 19.7 Å². The fourth-order valence-electron chi connectivity index (χ4n) is 2.18. The Balaban J connectivity index is 1.98. The SMILES string of the molecule is CC(CCCN)C(=O)NCCOC1CCCC1. The Morgan fingerprint density at radius 1 is 1.47 bits per heavy atom. The van der Waals surface area contributed by atoms with Gasteiger partial charge in [-0.05, 0) is 32.2 Å². The number of carbonyl (C=O) groups is 1. The molecule has 0 heterocycles. The quantitative estimate of drug-likeness (QED) is 0.633. The minimum atomic E-state index is 0.0602. The van der Waals surface area contributed by atoms with Gasteiger partial charge in [-0.2, -0.15) is 0 Å². The van der Waals surface area contributed by atoms with Gasteiger partial charge >= 0.3 is 0 Å². The van der Waals surface area contributed by atoms with E-state index in [1.807, 2.05) is 6.92 Å². The first kappa shape index (κ1) is 14.5. The molecular formula is C13H26N2O2. The summed E-state index contributed by atoms with van der Waals surface area (Å²) in [4.78, 5) is 11.6. The van der Waals surface area contributed by atoms with E-state index in [1.54, 1.807) is 0 Å². The smallest absolute Gasteiger partial charge is 0.222 e. The van der Waals surface area contributed by atoms with Crippen LogP contribution in [-0.4, -0.2) is 31.7 Å². The van der Waals surface area contributed by atoms with E-state index in [0.29, 0.717) is 25.8 Å². The van der Waals surface area contributed by atoms with Crippen molar-refractivity contribution < 1.29 is 9.53 Å². The first-order valence-electron chi connectivity index (χ1n) is 6.83. The van der Waals surface area contributed by atoms with Gasteiger partial charge in [0.2, 0.25) is 5.91 Å². The number of ether oxygens (including phenoxy) is 1. The Morgan fingerprint density at radius 2 is 2.18 bits per heavy atom. The van der Waals surface area contributed by atoms with Crippen LogP contribution in [0, 0.1) is 5.92 Å². The minimum Gasteiger partial charge on any atom is -0.376 e. The van der Waals surface area contributed by atoms with Gasteiger partial charge in [-0.3, -0.25) is 4.79 Å². The van der Waals surface area contributed by atoms with Gasteiger partial charge in [-0.25, -0.2) is 0 Å². The lowest BCUT2D eigenvalue weighted by Gasteiger charge is -2.14. The van der Waals surface area contributed by atoms with Gasteiger partial charge in [0, 0.05) is 12.5 Å². The van der Waals surface area contributed by atoms with Crippen molar-refractivity contribution in [1.82, 2.24) is 5.32 Å². The lowest BCUT2D eigenvalue weighted by Crippen LogP contribution is -2.32. The van der Waals surface area contributed by atoms with Crippen molar-refractivity contribution in [2.24, 2.45) is 11.7 Å². The number of rotatable bonds is 8. The van der Waals surface area contributed by atoms with Crippen LogP contribution in [0.1, 0.15) is 45.4 Å². The van der Waals surface area contributed by atoms with Crippen LogP contribution in [0.15, 0.2) is 0 Å². The molecule has 0 radical (unpaired) electrons. The largest absolute Gasteiger partial charge is 0.376 e. The molecule has 0 aromatic rings. The van der Waals surface area contributed by atoms with Crippen molar-refractivity contribution in [3.05, 3.63) is 0 Å². The average molecular weight is 242 g/mol. The van der Waals surface area contributed by atoms with Crippen molar-refractivity contribution in [3.8, 4) is 0 Å². The van der Waals surface area contributed by atoms with Gasteiger partial charge in [-0.1, -0.05) is 19.8 Å². The van der Waals surface area contributed by atoms with E-state index in [1.165, 1.54) is 25.7 Å². The summed E-state index contributed by atoms with van der Waals surface area (Å²) in [5.41, 5.74) is 5.42. The summed E-state index contributed by atoms with van der Waals surface area (Å²) >= 11 is 0. The fraction of sp³-hybridized carbons (Fsp3) is 0.923. The maximum Gasteiger partial charge on any atom is 0.222 e. The zero-order valence-corrected chi connectivity index (χ0v) is 10.9. The summed E-state index contributed by atoms with van der Waals surface area (Å²) < 4.78 is 5.68.